The highest BCUT2D eigenvalue weighted by Crippen LogP contribution is 2.44. The van der Waals surface area contributed by atoms with Gasteiger partial charge in [-0.25, -0.2) is 14.8 Å². The Kier molecular flexibility index (Phi) is 7.84. The van der Waals surface area contributed by atoms with Crippen LogP contribution in [0.1, 0.15) is 68.8 Å². The summed E-state index contributed by atoms with van der Waals surface area (Å²) in [7, 11) is 0. The van der Waals surface area contributed by atoms with Gasteiger partial charge >= 0.3 is 6.09 Å². The van der Waals surface area contributed by atoms with Gasteiger partial charge < -0.3 is 14.4 Å². The molecule has 0 radical (unpaired) electrons. The van der Waals surface area contributed by atoms with E-state index in [1.54, 1.807) is 0 Å². The van der Waals surface area contributed by atoms with Crippen molar-refractivity contribution in [3.63, 3.8) is 0 Å². The molecule has 3 aromatic carbocycles. The summed E-state index contributed by atoms with van der Waals surface area (Å²) in [4.78, 5) is 27.0. The lowest BCUT2D eigenvalue weighted by Gasteiger charge is -2.43. The predicted octanol–water partition coefficient (Wildman–Crippen LogP) is 7.97. The Hall–Kier alpha value is -3.84. The molecule has 8 heteroatoms. The second-order valence-electron chi connectivity index (χ2n) is 13.9. The summed E-state index contributed by atoms with van der Waals surface area (Å²) in [5.74, 6) is 2.42. The summed E-state index contributed by atoms with van der Waals surface area (Å²) in [5, 5.41) is 2.71. The number of rotatable bonds is 5. The predicted molar refractivity (Wildman–Crippen MR) is 178 cm³/mol. The van der Waals surface area contributed by atoms with Crippen LogP contribution >= 0.6 is 11.6 Å². The summed E-state index contributed by atoms with van der Waals surface area (Å²) >= 11 is 6.64. The van der Waals surface area contributed by atoms with Gasteiger partial charge in [0.25, 0.3) is 0 Å². The van der Waals surface area contributed by atoms with Gasteiger partial charge in [0.2, 0.25) is 5.28 Å². The third-order valence-electron chi connectivity index (χ3n) is 9.57. The first-order valence-electron chi connectivity index (χ1n) is 16.1. The van der Waals surface area contributed by atoms with Crippen LogP contribution in [-0.2, 0) is 24.2 Å². The monoisotopic (exact) mass is 624 g/mol. The minimum absolute atomic E-state index is 0.0988. The number of benzene rings is 3. The number of ether oxygens (including phenoxy) is 2. The first kappa shape index (κ1) is 29.8. The highest BCUT2D eigenvalue weighted by atomic mass is 35.5. The number of amides is 1. The molecule has 2 aliphatic heterocycles. The van der Waals surface area contributed by atoms with Crippen LogP contribution in [-0.4, -0.2) is 51.7 Å². The van der Waals surface area contributed by atoms with Crippen LogP contribution < -0.4 is 9.64 Å². The maximum atomic E-state index is 13.1. The molecule has 0 saturated carbocycles. The molecule has 1 aromatic heterocycles. The molecule has 2 saturated heterocycles. The minimum Gasteiger partial charge on any atom is -0.489 e. The molecular formula is C37H41ClN4O3. The fourth-order valence-corrected chi connectivity index (χ4v) is 7.73. The number of hydrogen-bond donors (Lipinski definition) is 0. The highest BCUT2D eigenvalue weighted by Gasteiger charge is 2.45. The van der Waals surface area contributed by atoms with Crippen molar-refractivity contribution in [2.75, 3.05) is 18.0 Å². The van der Waals surface area contributed by atoms with Crippen LogP contribution in [0.2, 0.25) is 5.28 Å². The average molecular weight is 625 g/mol. The maximum absolute atomic E-state index is 13.1. The fourth-order valence-electron chi connectivity index (χ4n) is 7.55. The number of nitrogens with zero attached hydrogens (tertiary/aromatic N) is 4. The number of hydrogen-bond acceptors (Lipinski definition) is 6. The van der Waals surface area contributed by atoms with Crippen molar-refractivity contribution in [3.05, 3.63) is 94.4 Å². The molecule has 4 atom stereocenters. The fraction of sp³-hybridized carbons (Fsp3) is 0.432. The van der Waals surface area contributed by atoms with E-state index in [0.29, 0.717) is 12.5 Å². The second-order valence-corrected chi connectivity index (χ2v) is 14.3. The van der Waals surface area contributed by atoms with Crippen LogP contribution in [0, 0.1) is 5.92 Å². The van der Waals surface area contributed by atoms with Gasteiger partial charge in [0.05, 0.1) is 17.8 Å². The Labute approximate surface area is 270 Å². The first-order valence-corrected chi connectivity index (χ1v) is 16.5. The SMILES string of the molecule is CC1Cc2c(nc(Cl)nc2N2C[C@H]3CC[C@@H](C2)N3C(=O)OC(C)(C)C)CC1c1cc(OCc2ccccc2)cc2ccccc12. The van der Waals surface area contributed by atoms with Gasteiger partial charge in [0, 0.05) is 18.7 Å². The number of aromatic nitrogens is 2. The molecule has 3 heterocycles. The Bertz CT molecular complexity index is 1710. The number of anilines is 1. The van der Waals surface area contributed by atoms with Crippen molar-refractivity contribution in [2.45, 2.75) is 83.6 Å². The molecule has 3 aliphatic rings. The van der Waals surface area contributed by atoms with Crippen molar-refractivity contribution in [2.24, 2.45) is 5.92 Å². The minimum atomic E-state index is -0.515. The maximum Gasteiger partial charge on any atom is 0.410 e. The quantitative estimate of drug-likeness (QED) is 0.210. The van der Waals surface area contributed by atoms with Crippen molar-refractivity contribution < 1.29 is 14.3 Å². The van der Waals surface area contributed by atoms with E-state index in [0.717, 1.165) is 61.6 Å². The molecule has 0 N–H and O–H groups in total. The summed E-state index contributed by atoms with van der Waals surface area (Å²) in [6, 6.07) is 23.4. The lowest BCUT2D eigenvalue weighted by atomic mass is 9.74. The standard InChI is InChI=1S/C37H41ClN4O3/c1-23-16-32-33(39-35(38)40-34(32)41-20-26-14-15-27(21-41)42(26)36(43)45-37(2,3)4)19-30(23)31-18-28(17-25-12-8-9-13-29(25)31)44-22-24-10-6-5-7-11-24/h5-13,17-18,23,26-27,30H,14-16,19-22H2,1-4H3/t23?,26-,27+,30?. The summed E-state index contributed by atoms with van der Waals surface area (Å²) in [5.41, 5.74) is 4.13. The first-order chi connectivity index (χ1) is 21.6. The third kappa shape index (κ3) is 6.07. The average Bonchev–Trinajstić information content (AvgIpc) is 3.28. The number of halogens is 1. The normalized spacial score (nSPS) is 22.8. The van der Waals surface area contributed by atoms with E-state index in [4.69, 9.17) is 31.0 Å². The molecule has 7 nitrogen and oxygen atoms in total. The molecule has 2 bridgehead atoms. The van der Waals surface area contributed by atoms with Gasteiger partial charge in [-0.1, -0.05) is 61.5 Å². The molecule has 234 valence electrons. The van der Waals surface area contributed by atoms with Gasteiger partial charge in [0.1, 0.15) is 23.8 Å². The molecule has 4 aromatic rings. The molecule has 0 spiro atoms. The van der Waals surface area contributed by atoms with Crippen molar-refractivity contribution in [1.82, 2.24) is 14.9 Å². The van der Waals surface area contributed by atoms with E-state index in [2.05, 4.69) is 60.4 Å². The van der Waals surface area contributed by atoms with Crippen LogP contribution in [0.3, 0.4) is 0 Å². The Balaban J connectivity index is 1.17. The number of carbonyl (C=O) groups is 1. The van der Waals surface area contributed by atoms with Gasteiger partial charge in [-0.3, -0.25) is 4.90 Å². The molecule has 1 aliphatic carbocycles. The van der Waals surface area contributed by atoms with Gasteiger partial charge in [-0.05, 0) is 104 Å². The molecular weight excluding hydrogens is 584 g/mol. The van der Waals surface area contributed by atoms with Gasteiger partial charge in [-0.15, -0.1) is 0 Å². The zero-order valence-electron chi connectivity index (χ0n) is 26.5. The lowest BCUT2D eigenvalue weighted by molar-refractivity contribution is 0.0122. The smallest absolute Gasteiger partial charge is 0.410 e. The Morgan fingerprint density at radius 2 is 1.67 bits per heavy atom. The summed E-state index contributed by atoms with van der Waals surface area (Å²) < 4.78 is 12.1. The van der Waals surface area contributed by atoms with E-state index in [9.17, 15) is 4.79 Å². The molecule has 2 fully saturated rings. The van der Waals surface area contributed by atoms with Crippen LogP contribution in [0.4, 0.5) is 10.6 Å². The van der Waals surface area contributed by atoms with E-state index in [-0.39, 0.29) is 29.4 Å². The lowest BCUT2D eigenvalue weighted by Crippen LogP contribution is -2.57. The largest absolute Gasteiger partial charge is 0.489 e. The summed E-state index contributed by atoms with van der Waals surface area (Å²) in [6.07, 6.45) is 3.36. The summed E-state index contributed by atoms with van der Waals surface area (Å²) in [6.45, 7) is 10.1. The third-order valence-corrected chi connectivity index (χ3v) is 9.74. The number of carbonyl (C=O) groups excluding carboxylic acids is 1. The molecule has 1 amide bonds. The van der Waals surface area contributed by atoms with Crippen LogP contribution in [0.25, 0.3) is 10.8 Å². The highest BCUT2D eigenvalue weighted by molar-refractivity contribution is 6.28. The number of piperazine rings is 1. The van der Waals surface area contributed by atoms with E-state index < -0.39 is 5.60 Å². The van der Waals surface area contributed by atoms with E-state index >= 15 is 0 Å². The van der Waals surface area contributed by atoms with E-state index in [1.807, 2.05) is 43.9 Å². The molecule has 7 rings (SSSR count). The van der Waals surface area contributed by atoms with Crippen molar-refractivity contribution >= 4 is 34.3 Å². The molecule has 2 unspecified atom stereocenters. The van der Waals surface area contributed by atoms with Crippen molar-refractivity contribution in [3.8, 4) is 5.75 Å². The zero-order chi connectivity index (χ0) is 31.3. The topological polar surface area (TPSA) is 67.8 Å². The van der Waals surface area contributed by atoms with Crippen LogP contribution in [0.15, 0.2) is 66.7 Å². The molecule has 45 heavy (non-hydrogen) atoms. The van der Waals surface area contributed by atoms with Gasteiger partial charge in [-0.2, -0.15) is 0 Å². The van der Waals surface area contributed by atoms with Gasteiger partial charge in [0.15, 0.2) is 0 Å². The van der Waals surface area contributed by atoms with Crippen LogP contribution in [0.5, 0.6) is 5.75 Å². The second kappa shape index (κ2) is 11.8. The van der Waals surface area contributed by atoms with Crippen molar-refractivity contribution in [1.29, 1.82) is 0 Å². The Morgan fingerprint density at radius 1 is 0.956 bits per heavy atom. The number of fused-ring (bicyclic) bond motifs is 4. The zero-order valence-corrected chi connectivity index (χ0v) is 27.3. The van der Waals surface area contributed by atoms with E-state index in [1.165, 1.54) is 21.9 Å². The Morgan fingerprint density at radius 3 is 2.40 bits per heavy atom.